The fraction of sp³-hybridized carbons (Fsp3) is 0.238. The summed E-state index contributed by atoms with van der Waals surface area (Å²) in [6.07, 6.45) is 9.05. The van der Waals surface area contributed by atoms with E-state index in [0.717, 1.165) is 18.4 Å². The zero-order valence-corrected chi connectivity index (χ0v) is 13.5. The summed E-state index contributed by atoms with van der Waals surface area (Å²) in [5.41, 5.74) is 6.22. The maximum absolute atomic E-state index is 13.1. The van der Waals surface area contributed by atoms with Gasteiger partial charge < -0.3 is 9.30 Å². The van der Waals surface area contributed by atoms with Crippen molar-refractivity contribution in [1.29, 1.82) is 0 Å². The summed E-state index contributed by atoms with van der Waals surface area (Å²) in [5, 5.41) is 1.26. The van der Waals surface area contributed by atoms with Crippen molar-refractivity contribution in [3.05, 3.63) is 70.7 Å². The highest BCUT2D eigenvalue weighted by molar-refractivity contribution is 5.95. The lowest BCUT2D eigenvalue weighted by Gasteiger charge is -2.15. The molecule has 2 unspecified atom stereocenters. The summed E-state index contributed by atoms with van der Waals surface area (Å²) < 4.78 is 21.4. The number of fused-ring (bicyclic) bond motifs is 7. The van der Waals surface area contributed by atoms with Crippen LogP contribution in [0.25, 0.3) is 23.1 Å². The van der Waals surface area contributed by atoms with Crippen LogP contribution in [0.1, 0.15) is 47.3 Å². The number of hydrogen-bond acceptors (Lipinski definition) is 1. The van der Waals surface area contributed by atoms with Crippen molar-refractivity contribution in [1.82, 2.24) is 4.57 Å². The third kappa shape index (κ3) is 1.98. The van der Waals surface area contributed by atoms with Gasteiger partial charge in [-0.15, -0.1) is 0 Å². The molecule has 1 fully saturated rings. The predicted molar refractivity (Wildman–Crippen MR) is 94.0 cm³/mol. The van der Waals surface area contributed by atoms with E-state index >= 15 is 0 Å². The average Bonchev–Trinajstić information content (AvgIpc) is 3.29. The molecule has 1 saturated heterocycles. The quantitative estimate of drug-likeness (QED) is 0.577. The van der Waals surface area contributed by atoms with Gasteiger partial charge in [0.1, 0.15) is 5.82 Å². The average molecular weight is 319 g/mol. The van der Waals surface area contributed by atoms with E-state index in [9.17, 15) is 4.39 Å². The molecule has 0 aliphatic carbocycles. The van der Waals surface area contributed by atoms with E-state index in [4.69, 9.17) is 4.74 Å². The normalized spacial score (nSPS) is 21.9. The van der Waals surface area contributed by atoms with Crippen molar-refractivity contribution >= 4 is 23.1 Å². The molecule has 2 nitrogen and oxygen atoms in total. The first-order valence-electron chi connectivity index (χ1n) is 8.41. The van der Waals surface area contributed by atoms with Gasteiger partial charge in [-0.3, -0.25) is 0 Å². The summed E-state index contributed by atoms with van der Waals surface area (Å²) in [7, 11) is 2.10. The Morgan fingerprint density at radius 1 is 1.08 bits per heavy atom. The van der Waals surface area contributed by atoms with Crippen LogP contribution in [0.3, 0.4) is 0 Å². The number of aryl methyl sites for hydroxylation is 1. The number of rotatable bonds is 2. The number of nitrogens with zero attached hydrogens (tertiary/aromatic N) is 1. The Morgan fingerprint density at radius 3 is 2.71 bits per heavy atom. The van der Waals surface area contributed by atoms with Gasteiger partial charge in [0.2, 0.25) is 0 Å². The number of halogens is 1. The van der Waals surface area contributed by atoms with Crippen molar-refractivity contribution in [2.24, 2.45) is 7.05 Å². The van der Waals surface area contributed by atoms with Gasteiger partial charge in [-0.05, 0) is 53.8 Å². The van der Waals surface area contributed by atoms with Crippen molar-refractivity contribution in [2.45, 2.75) is 25.0 Å². The van der Waals surface area contributed by atoms with E-state index < -0.39 is 0 Å². The highest BCUT2D eigenvalue weighted by Gasteiger charge is 2.40. The second-order valence-corrected chi connectivity index (χ2v) is 6.73. The Morgan fingerprint density at radius 2 is 1.88 bits per heavy atom. The van der Waals surface area contributed by atoms with E-state index in [0.29, 0.717) is 0 Å². The highest BCUT2D eigenvalue weighted by atomic mass is 19.1. The summed E-state index contributed by atoms with van der Waals surface area (Å²) in [5.74, 6) is -0.205. The molecule has 0 N–H and O–H groups in total. The molecule has 1 aromatic heterocycles. The monoisotopic (exact) mass is 319 g/mol. The lowest BCUT2D eigenvalue weighted by atomic mass is 9.88. The molecule has 2 atom stereocenters. The third-order valence-corrected chi connectivity index (χ3v) is 5.27. The van der Waals surface area contributed by atoms with Crippen molar-refractivity contribution in [3.8, 4) is 0 Å². The van der Waals surface area contributed by atoms with Crippen molar-refractivity contribution < 1.29 is 9.13 Å². The minimum absolute atomic E-state index is 0.205. The lowest BCUT2D eigenvalue weighted by molar-refractivity contribution is 0.0720. The second kappa shape index (κ2) is 5.05. The second-order valence-electron chi connectivity index (χ2n) is 6.73. The first-order valence-corrected chi connectivity index (χ1v) is 8.41. The predicted octanol–water partition coefficient (Wildman–Crippen LogP) is 5.39. The number of aromatic nitrogens is 1. The van der Waals surface area contributed by atoms with Crippen molar-refractivity contribution in [3.63, 3.8) is 0 Å². The van der Waals surface area contributed by atoms with Gasteiger partial charge in [0.05, 0.1) is 17.7 Å². The molecule has 2 aliphatic heterocycles. The van der Waals surface area contributed by atoms with Gasteiger partial charge in [0.15, 0.2) is 0 Å². The van der Waals surface area contributed by atoms with Gasteiger partial charge in [-0.2, -0.15) is 0 Å². The smallest absolute Gasteiger partial charge is 0.123 e. The van der Waals surface area contributed by atoms with E-state index in [1.807, 2.05) is 6.08 Å². The SMILES string of the molecule is Cn1ccc2c(C=Cc3ccc(F)cc3)cc3c(c21)C1CCC3O1. The Kier molecular flexibility index (Phi) is 2.95. The van der Waals surface area contributed by atoms with Crippen LogP contribution in [0.15, 0.2) is 42.6 Å². The molecule has 2 bridgehead atoms. The number of hydrogen-bond donors (Lipinski definition) is 0. The summed E-state index contributed by atoms with van der Waals surface area (Å²) in [4.78, 5) is 0. The van der Waals surface area contributed by atoms with Crippen LogP contribution in [0.5, 0.6) is 0 Å². The fourth-order valence-corrected chi connectivity index (χ4v) is 4.14. The van der Waals surface area contributed by atoms with E-state index in [1.54, 1.807) is 12.1 Å². The van der Waals surface area contributed by atoms with Gasteiger partial charge >= 0.3 is 0 Å². The van der Waals surface area contributed by atoms with Gasteiger partial charge in [-0.1, -0.05) is 24.3 Å². The zero-order chi connectivity index (χ0) is 16.3. The maximum atomic E-state index is 13.1. The molecule has 2 aliphatic rings. The zero-order valence-electron chi connectivity index (χ0n) is 13.5. The van der Waals surface area contributed by atoms with Crippen LogP contribution in [0, 0.1) is 5.82 Å². The van der Waals surface area contributed by atoms with Crippen LogP contribution in [0.2, 0.25) is 0 Å². The van der Waals surface area contributed by atoms with Crippen molar-refractivity contribution in [2.75, 3.05) is 0 Å². The molecule has 0 spiro atoms. The molecule has 2 aromatic carbocycles. The molecule has 120 valence electrons. The largest absolute Gasteiger partial charge is 0.366 e. The minimum atomic E-state index is -0.205. The minimum Gasteiger partial charge on any atom is -0.366 e. The first-order chi connectivity index (χ1) is 11.7. The Bertz CT molecular complexity index is 968. The van der Waals surface area contributed by atoms with Crippen LogP contribution in [-0.2, 0) is 11.8 Å². The lowest BCUT2D eigenvalue weighted by Crippen LogP contribution is -2.02. The van der Waals surface area contributed by atoms with Crippen LogP contribution in [-0.4, -0.2) is 4.57 Å². The van der Waals surface area contributed by atoms with Crippen LogP contribution < -0.4 is 0 Å². The molecule has 0 amide bonds. The molecule has 0 saturated carbocycles. The Hall–Kier alpha value is -2.39. The maximum Gasteiger partial charge on any atom is 0.123 e. The number of benzene rings is 2. The summed E-state index contributed by atoms with van der Waals surface area (Å²) in [6.45, 7) is 0. The van der Waals surface area contributed by atoms with Gasteiger partial charge in [-0.25, -0.2) is 4.39 Å². The molecular formula is C21H18FNO. The molecule has 3 heteroatoms. The van der Waals surface area contributed by atoms with E-state index in [2.05, 4.69) is 36.0 Å². The molecular weight excluding hydrogens is 301 g/mol. The molecule has 5 rings (SSSR count). The standard InChI is InChI=1S/C21H18FNO/c1-23-11-10-16-14(5-2-13-3-6-15(22)7-4-13)12-17-18-8-9-19(24-18)20(17)21(16)23/h2-7,10-12,18-19H,8-9H2,1H3. The highest BCUT2D eigenvalue weighted by Crippen LogP contribution is 2.53. The summed E-state index contributed by atoms with van der Waals surface area (Å²) >= 11 is 0. The molecule has 24 heavy (non-hydrogen) atoms. The first kappa shape index (κ1) is 14.0. The van der Waals surface area contributed by atoms with Gasteiger partial charge in [0, 0.05) is 24.2 Å². The van der Waals surface area contributed by atoms with E-state index in [1.165, 1.54) is 39.7 Å². The topological polar surface area (TPSA) is 14.2 Å². The summed E-state index contributed by atoms with van der Waals surface area (Å²) in [6, 6.07) is 11.0. The molecule has 3 heterocycles. The third-order valence-electron chi connectivity index (χ3n) is 5.27. The number of ether oxygens (including phenoxy) is 1. The fourth-order valence-electron chi connectivity index (χ4n) is 4.14. The van der Waals surface area contributed by atoms with Crippen LogP contribution in [0.4, 0.5) is 4.39 Å². The van der Waals surface area contributed by atoms with Crippen LogP contribution >= 0.6 is 0 Å². The van der Waals surface area contributed by atoms with E-state index in [-0.39, 0.29) is 18.0 Å². The molecule has 0 radical (unpaired) electrons. The molecule has 3 aromatic rings. The Balaban J connectivity index is 1.66. The van der Waals surface area contributed by atoms with Gasteiger partial charge in [0.25, 0.3) is 0 Å². The Labute approximate surface area is 140 Å².